The van der Waals surface area contributed by atoms with Gasteiger partial charge in [-0.15, -0.1) is 0 Å². The molecule has 1 saturated carbocycles. The number of guanidine groups is 1. The maximum Gasteiger partial charge on any atom is 0.225 e. The van der Waals surface area contributed by atoms with E-state index in [2.05, 4.69) is 20.6 Å². The Balaban J connectivity index is 1.40. The zero-order valence-electron chi connectivity index (χ0n) is 16.1. The molecule has 2 aliphatic rings. The first-order chi connectivity index (χ1) is 13.2. The van der Waals surface area contributed by atoms with E-state index in [0.717, 1.165) is 56.8 Å². The number of amides is 1. The zero-order valence-corrected chi connectivity index (χ0v) is 16.8. The van der Waals surface area contributed by atoms with E-state index in [4.69, 9.17) is 11.6 Å². The predicted molar refractivity (Wildman–Crippen MR) is 109 cm³/mol. The van der Waals surface area contributed by atoms with Gasteiger partial charge in [0.15, 0.2) is 5.96 Å². The smallest absolute Gasteiger partial charge is 0.225 e. The molecule has 0 radical (unpaired) electrons. The highest BCUT2D eigenvalue weighted by Crippen LogP contribution is 2.26. The van der Waals surface area contributed by atoms with E-state index < -0.39 is 0 Å². The van der Waals surface area contributed by atoms with Gasteiger partial charge in [0.25, 0.3) is 0 Å². The minimum absolute atomic E-state index is 0.253. The van der Waals surface area contributed by atoms with Crippen LogP contribution in [0.5, 0.6) is 0 Å². The molecule has 7 heteroatoms. The van der Waals surface area contributed by atoms with Gasteiger partial charge < -0.3 is 15.5 Å². The van der Waals surface area contributed by atoms with Crippen LogP contribution in [0.25, 0.3) is 0 Å². The molecule has 1 aromatic rings. The van der Waals surface area contributed by atoms with Crippen molar-refractivity contribution in [3.8, 4) is 0 Å². The molecule has 3 rings (SSSR count). The summed E-state index contributed by atoms with van der Waals surface area (Å²) in [5.41, 5.74) is 1.13. The Labute approximate surface area is 166 Å². The summed E-state index contributed by atoms with van der Waals surface area (Å²) in [6.07, 6.45) is 9.43. The van der Waals surface area contributed by atoms with Crippen LogP contribution in [-0.4, -0.2) is 54.5 Å². The zero-order chi connectivity index (χ0) is 19.1. The van der Waals surface area contributed by atoms with Crippen molar-refractivity contribution in [1.29, 1.82) is 0 Å². The lowest BCUT2D eigenvalue weighted by Gasteiger charge is -2.26. The molecule has 1 amide bonds. The Bertz CT molecular complexity index is 642. The normalized spacial score (nSPS) is 21.3. The minimum atomic E-state index is 0.253. The first-order valence-electron chi connectivity index (χ1n) is 10.0. The number of carbonyl (C=O) groups excluding carboxylic acids is 1. The van der Waals surface area contributed by atoms with Crippen molar-refractivity contribution in [2.45, 2.75) is 51.0 Å². The molecule has 1 saturated heterocycles. The molecular formula is C20H30ClN5O. The van der Waals surface area contributed by atoms with Crippen molar-refractivity contribution in [3.63, 3.8) is 0 Å². The monoisotopic (exact) mass is 391 g/mol. The SMILES string of the molecule is CN=C(NCCc1ccc(Cl)nc1)NC1CCN(C(=O)C2CCCCC2)C1. The summed E-state index contributed by atoms with van der Waals surface area (Å²) < 4.78 is 0. The number of nitrogens with one attached hydrogen (secondary N) is 2. The van der Waals surface area contributed by atoms with Crippen LogP contribution >= 0.6 is 11.6 Å². The molecule has 1 aliphatic heterocycles. The average molecular weight is 392 g/mol. The van der Waals surface area contributed by atoms with E-state index in [1.54, 1.807) is 19.3 Å². The molecule has 1 unspecified atom stereocenters. The van der Waals surface area contributed by atoms with Crippen LogP contribution in [0, 0.1) is 5.92 Å². The summed E-state index contributed by atoms with van der Waals surface area (Å²) in [5, 5.41) is 7.31. The van der Waals surface area contributed by atoms with E-state index in [-0.39, 0.29) is 12.0 Å². The summed E-state index contributed by atoms with van der Waals surface area (Å²) in [6.45, 7) is 2.39. The summed E-state index contributed by atoms with van der Waals surface area (Å²) in [6, 6.07) is 4.06. The molecule has 1 aromatic heterocycles. The highest BCUT2D eigenvalue weighted by Gasteiger charge is 2.31. The van der Waals surface area contributed by atoms with Gasteiger partial charge in [0.2, 0.25) is 5.91 Å². The fourth-order valence-corrected chi connectivity index (χ4v) is 4.07. The number of rotatable bonds is 5. The Hall–Kier alpha value is -1.82. The molecule has 2 fully saturated rings. The summed E-state index contributed by atoms with van der Waals surface area (Å²) >= 11 is 5.81. The number of halogens is 1. The number of carbonyl (C=O) groups is 1. The maximum absolute atomic E-state index is 12.7. The largest absolute Gasteiger partial charge is 0.356 e. The lowest BCUT2D eigenvalue weighted by molar-refractivity contribution is -0.135. The second kappa shape index (κ2) is 9.93. The van der Waals surface area contributed by atoms with Crippen LogP contribution in [0.3, 0.4) is 0 Å². The molecule has 2 N–H and O–H groups in total. The van der Waals surface area contributed by atoms with Crippen LogP contribution < -0.4 is 10.6 Å². The number of aromatic nitrogens is 1. The molecule has 6 nitrogen and oxygen atoms in total. The molecule has 0 bridgehead atoms. The van der Waals surface area contributed by atoms with Gasteiger partial charge in [0.05, 0.1) is 0 Å². The second-order valence-corrected chi connectivity index (χ2v) is 7.87. The quantitative estimate of drug-likeness (QED) is 0.460. The van der Waals surface area contributed by atoms with E-state index in [9.17, 15) is 4.79 Å². The van der Waals surface area contributed by atoms with Crippen LogP contribution in [0.1, 0.15) is 44.1 Å². The van der Waals surface area contributed by atoms with E-state index in [1.165, 1.54) is 19.3 Å². The van der Waals surface area contributed by atoms with Gasteiger partial charge in [-0.25, -0.2) is 4.98 Å². The molecule has 1 aliphatic carbocycles. The number of pyridine rings is 1. The van der Waals surface area contributed by atoms with Gasteiger partial charge in [-0.1, -0.05) is 36.9 Å². The van der Waals surface area contributed by atoms with Gasteiger partial charge in [0, 0.05) is 44.8 Å². The summed E-state index contributed by atoms with van der Waals surface area (Å²) in [7, 11) is 1.78. The summed E-state index contributed by atoms with van der Waals surface area (Å²) in [5.74, 6) is 1.40. The van der Waals surface area contributed by atoms with Gasteiger partial charge in [-0.2, -0.15) is 0 Å². The van der Waals surface area contributed by atoms with E-state index in [1.807, 2.05) is 11.0 Å². The Morgan fingerprint density at radius 1 is 1.30 bits per heavy atom. The lowest BCUT2D eigenvalue weighted by atomic mass is 9.88. The third-order valence-corrected chi connectivity index (χ3v) is 5.74. The fraction of sp³-hybridized carbons (Fsp3) is 0.650. The first-order valence-corrected chi connectivity index (χ1v) is 10.4. The Morgan fingerprint density at radius 2 is 2.11 bits per heavy atom. The van der Waals surface area contributed by atoms with Crippen LogP contribution in [0.15, 0.2) is 23.3 Å². The molecule has 0 aromatic carbocycles. The van der Waals surface area contributed by atoms with Gasteiger partial charge >= 0.3 is 0 Å². The third kappa shape index (κ3) is 5.83. The topological polar surface area (TPSA) is 69.6 Å². The Kier molecular flexibility index (Phi) is 7.33. The minimum Gasteiger partial charge on any atom is -0.356 e. The fourth-order valence-electron chi connectivity index (χ4n) is 3.95. The summed E-state index contributed by atoms with van der Waals surface area (Å²) in [4.78, 5) is 23.1. The van der Waals surface area contributed by atoms with E-state index >= 15 is 0 Å². The van der Waals surface area contributed by atoms with Crippen molar-refractivity contribution < 1.29 is 4.79 Å². The van der Waals surface area contributed by atoms with E-state index in [0.29, 0.717) is 11.1 Å². The van der Waals surface area contributed by atoms with Gasteiger partial charge in [0.1, 0.15) is 5.15 Å². The Morgan fingerprint density at radius 3 is 2.81 bits per heavy atom. The third-order valence-electron chi connectivity index (χ3n) is 5.51. The van der Waals surface area contributed by atoms with Crippen molar-refractivity contribution in [2.75, 3.05) is 26.7 Å². The predicted octanol–water partition coefficient (Wildman–Crippen LogP) is 2.62. The van der Waals surface area contributed by atoms with Gasteiger partial charge in [-0.3, -0.25) is 9.79 Å². The number of nitrogens with zero attached hydrogens (tertiary/aromatic N) is 3. The molecular weight excluding hydrogens is 362 g/mol. The van der Waals surface area contributed by atoms with Crippen molar-refractivity contribution in [3.05, 3.63) is 29.0 Å². The standard InChI is InChI=1S/C20H30ClN5O/c1-22-20(23-11-9-15-7-8-18(21)24-13-15)25-17-10-12-26(14-17)19(27)16-5-3-2-4-6-16/h7-8,13,16-17H,2-6,9-12,14H2,1H3,(H2,22,23,25). The molecule has 2 heterocycles. The van der Waals surface area contributed by atoms with Crippen LogP contribution in [0.2, 0.25) is 5.15 Å². The highest BCUT2D eigenvalue weighted by atomic mass is 35.5. The van der Waals surface area contributed by atoms with Crippen LogP contribution in [0.4, 0.5) is 0 Å². The average Bonchev–Trinajstić information content (AvgIpc) is 3.17. The number of likely N-dealkylation sites (tertiary alicyclic amines) is 1. The lowest BCUT2D eigenvalue weighted by Crippen LogP contribution is -2.46. The number of aliphatic imine (C=N–C) groups is 1. The van der Waals surface area contributed by atoms with Crippen molar-refractivity contribution in [1.82, 2.24) is 20.5 Å². The number of hydrogen-bond donors (Lipinski definition) is 2. The molecule has 0 spiro atoms. The molecule has 148 valence electrons. The first kappa shape index (κ1) is 19.9. The number of hydrogen-bond acceptors (Lipinski definition) is 3. The van der Waals surface area contributed by atoms with Crippen molar-refractivity contribution >= 4 is 23.5 Å². The second-order valence-electron chi connectivity index (χ2n) is 7.49. The maximum atomic E-state index is 12.7. The molecule has 1 atom stereocenters. The van der Waals surface area contributed by atoms with Crippen LogP contribution in [-0.2, 0) is 11.2 Å². The van der Waals surface area contributed by atoms with Crippen molar-refractivity contribution in [2.24, 2.45) is 10.9 Å². The van der Waals surface area contributed by atoms with Gasteiger partial charge in [-0.05, 0) is 37.3 Å². The molecule has 27 heavy (non-hydrogen) atoms. The highest BCUT2D eigenvalue weighted by molar-refractivity contribution is 6.29.